The minimum atomic E-state index is -1.21. The van der Waals surface area contributed by atoms with Crippen molar-refractivity contribution in [2.24, 2.45) is 0 Å². The molecule has 0 radical (unpaired) electrons. The molecule has 1 atom stereocenters. The van der Waals surface area contributed by atoms with Gasteiger partial charge in [-0.15, -0.1) is 0 Å². The number of aromatic carboxylic acids is 1. The number of carboxylic acid groups (broad SMARTS) is 1. The Morgan fingerprint density at radius 3 is 2.50 bits per heavy atom. The first-order valence-electron chi connectivity index (χ1n) is 4.43. The number of hydrogen-bond donors (Lipinski definition) is 3. The quantitative estimate of drug-likeness (QED) is 0.581. The number of nitrogens with one attached hydrogen (secondary N) is 1. The number of phenols is 1. The predicted molar refractivity (Wildman–Crippen MR) is 67.2 cm³/mol. The molecule has 0 spiro atoms. The van der Waals surface area contributed by atoms with Gasteiger partial charge in [-0.2, -0.15) is 0 Å². The van der Waals surface area contributed by atoms with Gasteiger partial charge in [0.2, 0.25) is 5.91 Å². The molecule has 1 aromatic rings. The third kappa shape index (κ3) is 3.09. The van der Waals surface area contributed by atoms with Crippen molar-refractivity contribution in [3.8, 4) is 5.75 Å². The number of carbonyl (C=O) groups is 2. The number of rotatable bonds is 3. The normalized spacial score (nSPS) is 11.9. The van der Waals surface area contributed by atoms with Crippen molar-refractivity contribution in [2.75, 3.05) is 5.32 Å². The molecule has 0 saturated carbocycles. The Bertz CT molecular complexity index is 431. The summed E-state index contributed by atoms with van der Waals surface area (Å²) in [4.78, 5) is 21.9. The Labute approximate surface area is 106 Å². The number of halogens is 1. The maximum atomic E-state index is 11.3. The monoisotopic (exact) mass is 335 g/mol. The summed E-state index contributed by atoms with van der Waals surface area (Å²) < 4.78 is -0.209. The maximum absolute atomic E-state index is 11.3. The second-order valence-electron chi connectivity index (χ2n) is 3.14. The van der Waals surface area contributed by atoms with E-state index in [1.807, 2.05) is 22.6 Å². The van der Waals surface area contributed by atoms with Crippen molar-refractivity contribution in [3.05, 3.63) is 23.8 Å². The Morgan fingerprint density at radius 1 is 1.44 bits per heavy atom. The summed E-state index contributed by atoms with van der Waals surface area (Å²) in [5.74, 6) is -1.79. The van der Waals surface area contributed by atoms with Crippen LogP contribution in [0.3, 0.4) is 0 Å². The van der Waals surface area contributed by atoms with E-state index < -0.39 is 5.97 Å². The molecule has 3 N–H and O–H groups in total. The van der Waals surface area contributed by atoms with Crippen LogP contribution in [0.1, 0.15) is 17.3 Å². The molecule has 0 bridgehead atoms. The van der Waals surface area contributed by atoms with Crippen LogP contribution in [0, 0.1) is 0 Å². The third-order valence-corrected chi connectivity index (χ3v) is 2.42. The summed E-state index contributed by atoms with van der Waals surface area (Å²) in [5.41, 5.74) is 0.177. The average molecular weight is 335 g/mol. The van der Waals surface area contributed by atoms with Crippen LogP contribution < -0.4 is 5.32 Å². The number of alkyl halides is 1. The van der Waals surface area contributed by atoms with E-state index in [-0.39, 0.29) is 21.1 Å². The Kier molecular flexibility index (Phi) is 4.11. The molecule has 1 amide bonds. The minimum Gasteiger partial charge on any atom is -0.507 e. The number of amides is 1. The zero-order valence-electron chi connectivity index (χ0n) is 8.40. The lowest BCUT2D eigenvalue weighted by atomic mass is 10.2. The van der Waals surface area contributed by atoms with Gasteiger partial charge in [-0.05, 0) is 19.1 Å². The predicted octanol–water partition coefficient (Wildman–Crippen LogP) is 1.85. The van der Waals surface area contributed by atoms with Crippen LogP contribution in [0.5, 0.6) is 5.75 Å². The molecule has 0 saturated heterocycles. The molecule has 0 unspecified atom stereocenters. The number of hydrogen-bond acceptors (Lipinski definition) is 3. The zero-order chi connectivity index (χ0) is 12.3. The fourth-order valence-electron chi connectivity index (χ4n) is 1.03. The smallest absolute Gasteiger partial charge is 0.339 e. The summed E-state index contributed by atoms with van der Waals surface area (Å²) in [6.07, 6.45) is 0. The molecule has 16 heavy (non-hydrogen) atoms. The summed E-state index contributed by atoms with van der Waals surface area (Å²) >= 11 is 1.95. The van der Waals surface area contributed by atoms with Crippen LogP contribution in [0.25, 0.3) is 0 Å². The Morgan fingerprint density at radius 2 is 2.06 bits per heavy atom. The fraction of sp³-hybridized carbons (Fsp3) is 0.200. The first-order chi connectivity index (χ1) is 7.41. The summed E-state index contributed by atoms with van der Waals surface area (Å²) in [6, 6.07) is 3.88. The SMILES string of the molecule is C[C@@H](I)C(=O)Nc1ccc(C(=O)O)c(O)c1. The molecule has 0 aliphatic heterocycles. The van der Waals surface area contributed by atoms with E-state index in [0.717, 1.165) is 0 Å². The molecule has 0 aliphatic carbocycles. The maximum Gasteiger partial charge on any atom is 0.339 e. The molecule has 5 nitrogen and oxygen atoms in total. The van der Waals surface area contributed by atoms with Gasteiger partial charge in [-0.25, -0.2) is 4.79 Å². The molecule has 0 fully saturated rings. The van der Waals surface area contributed by atoms with Gasteiger partial charge in [0, 0.05) is 11.8 Å². The highest BCUT2D eigenvalue weighted by molar-refractivity contribution is 14.1. The molecule has 1 aromatic carbocycles. The lowest BCUT2D eigenvalue weighted by Crippen LogP contribution is -2.19. The summed E-state index contributed by atoms with van der Waals surface area (Å²) in [5, 5.41) is 20.6. The Hall–Kier alpha value is -1.31. The van der Waals surface area contributed by atoms with E-state index >= 15 is 0 Å². The molecule has 0 aliphatic rings. The van der Waals surface area contributed by atoms with E-state index in [9.17, 15) is 14.7 Å². The average Bonchev–Trinajstić information content (AvgIpc) is 2.16. The van der Waals surface area contributed by atoms with E-state index in [1.165, 1.54) is 18.2 Å². The van der Waals surface area contributed by atoms with Crippen molar-refractivity contribution in [3.63, 3.8) is 0 Å². The van der Waals surface area contributed by atoms with E-state index in [4.69, 9.17) is 5.11 Å². The van der Waals surface area contributed by atoms with Crippen LogP contribution >= 0.6 is 22.6 Å². The van der Waals surface area contributed by atoms with Crippen molar-refractivity contribution in [1.82, 2.24) is 0 Å². The van der Waals surface area contributed by atoms with E-state index in [0.29, 0.717) is 5.69 Å². The van der Waals surface area contributed by atoms with Gasteiger partial charge in [-0.1, -0.05) is 22.6 Å². The van der Waals surface area contributed by atoms with Crippen molar-refractivity contribution >= 4 is 40.2 Å². The summed E-state index contributed by atoms with van der Waals surface area (Å²) in [6.45, 7) is 1.72. The van der Waals surface area contributed by atoms with Crippen LogP contribution in [-0.2, 0) is 4.79 Å². The van der Waals surface area contributed by atoms with Crippen LogP contribution in [0.4, 0.5) is 5.69 Å². The number of benzene rings is 1. The highest BCUT2D eigenvalue weighted by Crippen LogP contribution is 2.22. The zero-order valence-corrected chi connectivity index (χ0v) is 10.6. The highest BCUT2D eigenvalue weighted by Gasteiger charge is 2.12. The fourth-order valence-corrected chi connectivity index (χ4v) is 1.19. The second kappa shape index (κ2) is 5.15. The highest BCUT2D eigenvalue weighted by atomic mass is 127. The van der Waals surface area contributed by atoms with Crippen LogP contribution in [-0.4, -0.2) is 26.0 Å². The number of carbonyl (C=O) groups excluding carboxylic acids is 1. The van der Waals surface area contributed by atoms with Gasteiger partial charge in [0.25, 0.3) is 0 Å². The number of anilines is 1. The third-order valence-electron chi connectivity index (χ3n) is 1.86. The van der Waals surface area contributed by atoms with Crippen molar-refractivity contribution < 1.29 is 19.8 Å². The van der Waals surface area contributed by atoms with Gasteiger partial charge < -0.3 is 15.5 Å². The molecule has 6 heteroatoms. The Balaban J connectivity index is 2.90. The first-order valence-corrected chi connectivity index (χ1v) is 5.67. The van der Waals surface area contributed by atoms with Crippen LogP contribution in [0.2, 0.25) is 0 Å². The molecule has 0 heterocycles. The number of aromatic hydroxyl groups is 1. The largest absolute Gasteiger partial charge is 0.507 e. The van der Waals surface area contributed by atoms with Gasteiger partial charge in [0.1, 0.15) is 11.3 Å². The molecule has 86 valence electrons. The lowest BCUT2D eigenvalue weighted by molar-refractivity contribution is -0.115. The first kappa shape index (κ1) is 12.8. The molecule has 0 aromatic heterocycles. The standard InChI is InChI=1S/C10H10INO4/c1-5(11)9(14)12-6-2-3-7(10(15)16)8(13)4-6/h2-5,13H,1H3,(H,12,14)(H,15,16)/t5-/m1/s1. The van der Waals surface area contributed by atoms with E-state index in [1.54, 1.807) is 6.92 Å². The minimum absolute atomic E-state index is 0.194. The van der Waals surface area contributed by atoms with Crippen molar-refractivity contribution in [2.45, 2.75) is 10.8 Å². The molecular formula is C10H10INO4. The van der Waals surface area contributed by atoms with Gasteiger partial charge in [0.15, 0.2) is 0 Å². The second-order valence-corrected chi connectivity index (χ2v) is 5.01. The van der Waals surface area contributed by atoms with Gasteiger partial charge in [0.05, 0.1) is 3.92 Å². The van der Waals surface area contributed by atoms with Crippen LogP contribution in [0.15, 0.2) is 18.2 Å². The van der Waals surface area contributed by atoms with Crippen molar-refractivity contribution in [1.29, 1.82) is 0 Å². The topological polar surface area (TPSA) is 86.6 Å². The van der Waals surface area contributed by atoms with E-state index in [2.05, 4.69) is 5.32 Å². The van der Waals surface area contributed by atoms with Gasteiger partial charge >= 0.3 is 5.97 Å². The number of carboxylic acids is 1. The molecule has 1 rings (SSSR count). The molecular weight excluding hydrogens is 325 g/mol. The summed E-state index contributed by atoms with van der Waals surface area (Å²) in [7, 11) is 0. The lowest BCUT2D eigenvalue weighted by Gasteiger charge is -2.08. The van der Waals surface area contributed by atoms with Gasteiger partial charge in [-0.3, -0.25) is 4.79 Å².